The Hall–Kier alpha value is -4.97. The van der Waals surface area contributed by atoms with Gasteiger partial charge in [0.25, 0.3) is 0 Å². The average molecular weight is 1010 g/mol. The molecular weight excluding hydrogens is 901 g/mol. The lowest BCUT2D eigenvalue weighted by molar-refractivity contribution is -0.167. The second kappa shape index (κ2) is 59.6. The topological polar surface area (TPSA) is 78.9 Å². The van der Waals surface area contributed by atoms with Crippen molar-refractivity contribution in [1.82, 2.24) is 0 Å². The van der Waals surface area contributed by atoms with Crippen molar-refractivity contribution in [2.45, 2.75) is 232 Å². The molecule has 0 spiro atoms. The van der Waals surface area contributed by atoms with Crippen LogP contribution in [-0.2, 0) is 28.6 Å². The molecular formula is C67H104O6. The Bertz CT molecular complexity index is 1670. The highest BCUT2D eigenvalue weighted by molar-refractivity contribution is 5.71. The summed E-state index contributed by atoms with van der Waals surface area (Å²) in [5.74, 6) is -0.988. The molecule has 0 aliphatic carbocycles. The quantitative estimate of drug-likeness (QED) is 0.0261. The summed E-state index contributed by atoms with van der Waals surface area (Å²) >= 11 is 0. The lowest BCUT2D eigenvalue weighted by Crippen LogP contribution is -2.30. The van der Waals surface area contributed by atoms with E-state index in [9.17, 15) is 14.4 Å². The van der Waals surface area contributed by atoms with Crippen LogP contribution in [0.5, 0.6) is 0 Å². The van der Waals surface area contributed by atoms with Crippen LogP contribution in [0.3, 0.4) is 0 Å². The van der Waals surface area contributed by atoms with Gasteiger partial charge in [-0.05, 0) is 141 Å². The third kappa shape index (κ3) is 57.8. The normalized spacial score (nSPS) is 13.3. The molecule has 73 heavy (non-hydrogen) atoms. The van der Waals surface area contributed by atoms with Gasteiger partial charge in [-0.25, -0.2) is 0 Å². The lowest BCUT2D eigenvalue weighted by atomic mass is 10.1. The molecule has 1 atom stereocenters. The van der Waals surface area contributed by atoms with Gasteiger partial charge in [-0.15, -0.1) is 0 Å². The molecule has 0 bridgehead atoms. The summed E-state index contributed by atoms with van der Waals surface area (Å²) in [6.45, 7) is 6.22. The fourth-order valence-corrected chi connectivity index (χ4v) is 7.27. The van der Waals surface area contributed by atoms with Crippen molar-refractivity contribution < 1.29 is 28.6 Å². The van der Waals surface area contributed by atoms with E-state index in [1.54, 1.807) is 0 Å². The zero-order valence-electron chi connectivity index (χ0n) is 46.6. The Balaban J connectivity index is 4.51. The highest BCUT2D eigenvalue weighted by atomic mass is 16.6. The van der Waals surface area contributed by atoms with E-state index in [4.69, 9.17) is 14.2 Å². The Morgan fingerprint density at radius 3 is 0.781 bits per heavy atom. The Kier molecular flexibility index (Phi) is 55.5. The lowest BCUT2D eigenvalue weighted by Gasteiger charge is -2.18. The van der Waals surface area contributed by atoms with Crippen molar-refractivity contribution in [3.8, 4) is 0 Å². The van der Waals surface area contributed by atoms with E-state index in [0.717, 1.165) is 186 Å². The van der Waals surface area contributed by atoms with Crippen molar-refractivity contribution in [3.63, 3.8) is 0 Å². The molecule has 0 N–H and O–H groups in total. The SMILES string of the molecule is CC/C=C\C/C=C\C/C=C\C/C=C\C/C=C\CCCCCCCC(=O)OCC(COC(=O)CCCCC/C=C\C/C=C\C/C=C\CC)OC(=O)CCCCCCC/C=C\C/C=C\C/C=C\C/C=C\C/C=C\CC. The van der Waals surface area contributed by atoms with Crippen molar-refractivity contribution in [2.75, 3.05) is 13.2 Å². The maximum absolute atomic E-state index is 12.9. The van der Waals surface area contributed by atoms with Gasteiger partial charge in [-0.1, -0.05) is 224 Å². The van der Waals surface area contributed by atoms with E-state index >= 15 is 0 Å². The number of hydrogen-bond donors (Lipinski definition) is 0. The van der Waals surface area contributed by atoms with Crippen LogP contribution in [0.25, 0.3) is 0 Å². The molecule has 0 aromatic carbocycles. The highest BCUT2D eigenvalue weighted by Gasteiger charge is 2.19. The van der Waals surface area contributed by atoms with Crippen LogP contribution in [0.15, 0.2) is 158 Å². The summed E-state index contributed by atoms with van der Waals surface area (Å²) in [5, 5.41) is 0. The predicted molar refractivity (Wildman–Crippen MR) is 315 cm³/mol. The second-order valence-electron chi connectivity index (χ2n) is 18.4. The van der Waals surface area contributed by atoms with E-state index in [1.165, 1.54) is 0 Å². The standard InChI is InChI=1S/C67H104O6/c1-4-7-10-13-16-19-22-25-27-29-31-33-35-37-39-42-45-48-51-54-57-60-66(69)72-63-64(62-71-65(68)59-56-53-50-47-44-41-24-21-18-15-12-9-6-3)73-67(70)61-58-55-52-49-46-43-40-38-36-34-32-30-28-26-23-20-17-14-11-8-5-2/h7-12,16-21,25-28,31-34,37-41,44,64H,4-6,13-15,22-24,29-30,35-36,42-43,45-63H2,1-3H3/b10-7-,11-8-,12-9-,19-16-,20-17-,21-18-,27-25-,28-26-,33-31-,34-32-,39-37-,40-38-,44-41-. The molecule has 0 saturated carbocycles. The molecule has 1 unspecified atom stereocenters. The number of allylic oxidation sites excluding steroid dienone is 26. The minimum absolute atomic E-state index is 0.113. The first-order valence-electron chi connectivity index (χ1n) is 29.0. The molecule has 0 saturated heterocycles. The summed E-state index contributed by atoms with van der Waals surface area (Å²) in [5.41, 5.74) is 0. The van der Waals surface area contributed by atoms with Gasteiger partial charge < -0.3 is 14.2 Å². The Morgan fingerprint density at radius 1 is 0.274 bits per heavy atom. The number of hydrogen-bond acceptors (Lipinski definition) is 6. The smallest absolute Gasteiger partial charge is 0.306 e. The molecule has 0 aliphatic heterocycles. The maximum atomic E-state index is 12.9. The molecule has 6 nitrogen and oxygen atoms in total. The van der Waals surface area contributed by atoms with Crippen LogP contribution in [-0.4, -0.2) is 37.2 Å². The number of carbonyl (C=O) groups excluding carboxylic acids is 3. The highest BCUT2D eigenvalue weighted by Crippen LogP contribution is 2.13. The summed E-state index contributed by atoms with van der Waals surface area (Å²) in [4.78, 5) is 38.2. The fourth-order valence-electron chi connectivity index (χ4n) is 7.27. The van der Waals surface area contributed by atoms with Crippen molar-refractivity contribution in [2.24, 2.45) is 0 Å². The third-order valence-electron chi connectivity index (χ3n) is 11.5. The van der Waals surface area contributed by atoms with Crippen LogP contribution in [0, 0.1) is 0 Å². The van der Waals surface area contributed by atoms with Gasteiger partial charge in [0.1, 0.15) is 13.2 Å². The molecule has 0 heterocycles. The molecule has 0 radical (unpaired) electrons. The van der Waals surface area contributed by atoms with E-state index in [1.807, 2.05) is 0 Å². The molecule has 0 amide bonds. The van der Waals surface area contributed by atoms with Crippen LogP contribution in [0.1, 0.15) is 226 Å². The first kappa shape index (κ1) is 68.0. The molecule has 0 aromatic rings. The second-order valence-corrected chi connectivity index (χ2v) is 18.4. The predicted octanol–water partition coefficient (Wildman–Crippen LogP) is 19.8. The Labute approximate surface area is 448 Å². The number of unbranched alkanes of at least 4 members (excludes halogenated alkanes) is 13. The van der Waals surface area contributed by atoms with Crippen LogP contribution in [0.2, 0.25) is 0 Å². The largest absolute Gasteiger partial charge is 0.462 e. The molecule has 0 aromatic heterocycles. The van der Waals surface area contributed by atoms with E-state index in [-0.39, 0.29) is 37.5 Å². The summed E-state index contributed by atoms with van der Waals surface area (Å²) in [6, 6.07) is 0. The van der Waals surface area contributed by atoms with Crippen molar-refractivity contribution >= 4 is 17.9 Å². The minimum Gasteiger partial charge on any atom is -0.462 e. The third-order valence-corrected chi connectivity index (χ3v) is 11.5. The fraction of sp³-hybridized carbons (Fsp3) is 0.567. The Morgan fingerprint density at radius 2 is 0.493 bits per heavy atom. The minimum atomic E-state index is -0.818. The molecule has 408 valence electrons. The van der Waals surface area contributed by atoms with Crippen LogP contribution in [0.4, 0.5) is 0 Å². The number of carbonyl (C=O) groups is 3. The van der Waals surface area contributed by atoms with Crippen LogP contribution >= 0.6 is 0 Å². The van der Waals surface area contributed by atoms with Crippen LogP contribution < -0.4 is 0 Å². The zero-order valence-corrected chi connectivity index (χ0v) is 46.6. The van der Waals surface area contributed by atoms with Gasteiger partial charge in [0.2, 0.25) is 0 Å². The summed E-state index contributed by atoms with van der Waals surface area (Å²) in [7, 11) is 0. The van der Waals surface area contributed by atoms with Gasteiger partial charge >= 0.3 is 17.9 Å². The first-order chi connectivity index (χ1) is 36.0. The molecule has 0 aliphatic rings. The van der Waals surface area contributed by atoms with Gasteiger partial charge in [0.15, 0.2) is 6.10 Å². The number of ether oxygens (including phenoxy) is 3. The van der Waals surface area contributed by atoms with Crippen molar-refractivity contribution in [3.05, 3.63) is 158 Å². The van der Waals surface area contributed by atoms with Gasteiger partial charge in [0, 0.05) is 19.3 Å². The van der Waals surface area contributed by atoms with Gasteiger partial charge in [-0.3, -0.25) is 14.4 Å². The summed E-state index contributed by atoms with van der Waals surface area (Å²) in [6.07, 6.45) is 86.6. The first-order valence-corrected chi connectivity index (χ1v) is 29.0. The molecule has 0 rings (SSSR count). The van der Waals surface area contributed by atoms with E-state index in [2.05, 4.69) is 179 Å². The average Bonchev–Trinajstić information content (AvgIpc) is 3.39. The van der Waals surface area contributed by atoms with Gasteiger partial charge in [-0.2, -0.15) is 0 Å². The molecule has 6 heteroatoms. The number of rotatable bonds is 50. The van der Waals surface area contributed by atoms with E-state index in [0.29, 0.717) is 12.8 Å². The van der Waals surface area contributed by atoms with E-state index < -0.39 is 6.10 Å². The number of esters is 3. The van der Waals surface area contributed by atoms with Crippen molar-refractivity contribution in [1.29, 1.82) is 0 Å². The maximum Gasteiger partial charge on any atom is 0.306 e. The summed E-state index contributed by atoms with van der Waals surface area (Å²) < 4.78 is 16.8. The zero-order chi connectivity index (χ0) is 52.9. The van der Waals surface area contributed by atoms with Gasteiger partial charge in [0.05, 0.1) is 0 Å². The molecule has 0 fully saturated rings. The monoisotopic (exact) mass is 1000 g/mol.